The van der Waals surface area contributed by atoms with Gasteiger partial charge in [-0.25, -0.2) is 0 Å². The fraction of sp³-hybridized carbons (Fsp3) is 0.261. The molecule has 3 heterocycles. The molecular formula is C23H24BFN6O. The highest BCUT2D eigenvalue weighted by molar-refractivity contribution is 6.42. The first-order valence-electron chi connectivity index (χ1n) is 10.3. The molecule has 162 valence electrons. The van der Waals surface area contributed by atoms with Crippen LogP contribution in [-0.4, -0.2) is 37.9 Å². The van der Waals surface area contributed by atoms with Gasteiger partial charge in [0.25, 0.3) is 0 Å². The van der Waals surface area contributed by atoms with Crippen LogP contribution in [0.2, 0.25) is 0 Å². The van der Waals surface area contributed by atoms with Crippen LogP contribution < -0.4 is 0 Å². The molecule has 0 unspecified atom stereocenters. The lowest BCUT2D eigenvalue weighted by Crippen LogP contribution is -2.26. The predicted octanol–water partition coefficient (Wildman–Crippen LogP) is 4.52. The van der Waals surface area contributed by atoms with Crippen LogP contribution in [0, 0.1) is 13.8 Å². The largest absolute Gasteiger partial charge is 0.637 e. The van der Waals surface area contributed by atoms with Crippen LogP contribution >= 0.6 is 0 Å². The Kier molecular flexibility index (Phi) is 6.09. The lowest BCUT2D eigenvalue weighted by molar-refractivity contribution is 0.270. The molecule has 0 saturated carbocycles. The van der Waals surface area contributed by atoms with Crippen molar-refractivity contribution in [2.24, 2.45) is 4.99 Å². The molecule has 1 aliphatic heterocycles. The minimum atomic E-state index is -1.63. The Bertz CT molecular complexity index is 1230. The zero-order chi connectivity index (χ0) is 22.8. The molecule has 0 amide bonds. The lowest BCUT2D eigenvalue weighted by atomic mass is 10.0. The second kappa shape index (κ2) is 8.96. The van der Waals surface area contributed by atoms with E-state index in [2.05, 4.69) is 25.4 Å². The second-order valence-electron chi connectivity index (χ2n) is 7.91. The molecule has 0 aliphatic carbocycles. The number of aryl methyl sites for hydroxylation is 2. The lowest BCUT2D eigenvalue weighted by Gasteiger charge is -2.16. The summed E-state index contributed by atoms with van der Waals surface area (Å²) in [7, 11) is -1.63. The molecule has 0 saturated heterocycles. The smallest absolute Gasteiger partial charge is 0.384 e. The van der Waals surface area contributed by atoms with Crippen LogP contribution in [0.25, 0.3) is 17.0 Å². The van der Waals surface area contributed by atoms with Crippen molar-refractivity contribution < 1.29 is 8.97 Å². The maximum Gasteiger partial charge on any atom is 0.637 e. The molecule has 0 spiro atoms. The zero-order valence-corrected chi connectivity index (χ0v) is 18.8. The molecule has 0 radical (unpaired) electrons. The van der Waals surface area contributed by atoms with Gasteiger partial charge in [0.2, 0.25) is 5.82 Å². The molecule has 0 N–H and O–H groups in total. The van der Waals surface area contributed by atoms with Gasteiger partial charge in [-0.2, -0.15) is 0 Å². The number of hydrogen-bond acceptors (Lipinski definition) is 6. The van der Waals surface area contributed by atoms with Crippen molar-refractivity contribution in [3.63, 3.8) is 0 Å². The maximum absolute atomic E-state index is 15.4. The summed E-state index contributed by atoms with van der Waals surface area (Å²) in [6, 6.07) is 9.35. The first kappa shape index (κ1) is 21.8. The molecular weight excluding hydrogens is 406 g/mol. The quantitative estimate of drug-likeness (QED) is 0.538. The van der Waals surface area contributed by atoms with Gasteiger partial charge in [0, 0.05) is 22.7 Å². The van der Waals surface area contributed by atoms with Crippen molar-refractivity contribution in [2.45, 2.75) is 41.2 Å². The summed E-state index contributed by atoms with van der Waals surface area (Å²) < 4.78 is 22.6. The minimum Gasteiger partial charge on any atom is -0.384 e. The van der Waals surface area contributed by atoms with Gasteiger partial charge in [0.05, 0.1) is 12.3 Å². The molecule has 0 atom stereocenters. The van der Waals surface area contributed by atoms with Crippen LogP contribution in [0.4, 0.5) is 4.32 Å². The zero-order valence-electron chi connectivity index (χ0n) is 18.8. The topological polar surface area (TPSA) is 78.1 Å². The third kappa shape index (κ3) is 4.29. The number of aromatic nitrogens is 5. The third-order valence-corrected chi connectivity index (χ3v) is 5.43. The first-order valence-corrected chi connectivity index (χ1v) is 10.3. The molecule has 7 nitrogen and oxygen atoms in total. The van der Waals surface area contributed by atoms with Gasteiger partial charge in [0.15, 0.2) is 6.33 Å². The van der Waals surface area contributed by atoms with E-state index in [1.807, 2.05) is 71.0 Å². The first-order chi connectivity index (χ1) is 15.3. The van der Waals surface area contributed by atoms with Gasteiger partial charge in [-0.1, -0.05) is 24.3 Å². The minimum absolute atomic E-state index is 0.121. The number of hydrogen-bond donors (Lipinski definition) is 0. The summed E-state index contributed by atoms with van der Waals surface area (Å²) in [4.78, 5) is 4.63. The van der Waals surface area contributed by atoms with E-state index < -0.39 is 7.33 Å². The van der Waals surface area contributed by atoms with Gasteiger partial charge in [0.1, 0.15) is 0 Å². The van der Waals surface area contributed by atoms with Crippen LogP contribution in [-0.2, 0) is 11.3 Å². The van der Waals surface area contributed by atoms with Gasteiger partial charge in [-0.15, -0.1) is 20.4 Å². The maximum atomic E-state index is 15.4. The van der Waals surface area contributed by atoms with Gasteiger partial charge in [-0.05, 0) is 69.0 Å². The Balaban J connectivity index is 1.54. The van der Waals surface area contributed by atoms with Crippen molar-refractivity contribution in [2.75, 3.05) is 0 Å². The monoisotopic (exact) mass is 430 g/mol. The Morgan fingerprint density at radius 3 is 2.38 bits per heavy atom. The van der Waals surface area contributed by atoms with E-state index >= 15 is 4.32 Å². The summed E-state index contributed by atoms with van der Waals surface area (Å²) in [6.07, 6.45) is 3.32. The predicted molar refractivity (Wildman–Crippen MR) is 123 cm³/mol. The van der Waals surface area contributed by atoms with E-state index in [1.165, 1.54) is 6.33 Å². The average Bonchev–Trinajstić information content (AvgIpc) is 3.29. The number of allylic oxidation sites excluding steroid dienone is 3. The van der Waals surface area contributed by atoms with Gasteiger partial charge in [-0.3, -0.25) is 9.31 Å². The van der Waals surface area contributed by atoms with Crippen molar-refractivity contribution in [3.8, 4) is 11.4 Å². The Hall–Kier alpha value is -3.46. The van der Waals surface area contributed by atoms with Crippen LogP contribution in [0.1, 0.15) is 43.3 Å². The number of benzene rings is 1. The van der Waals surface area contributed by atoms with Crippen molar-refractivity contribution >= 4 is 18.6 Å². The van der Waals surface area contributed by atoms with Crippen LogP contribution in [0.5, 0.6) is 0 Å². The highest BCUT2D eigenvalue weighted by Crippen LogP contribution is 2.32. The fourth-order valence-corrected chi connectivity index (χ4v) is 4.04. The second-order valence-corrected chi connectivity index (χ2v) is 7.91. The molecule has 1 aromatic carbocycles. The number of nitrogens with zero attached hydrogens (tertiary/aromatic N) is 6. The molecule has 2 aromatic heterocycles. The normalized spacial score (nSPS) is 14.9. The Morgan fingerprint density at radius 1 is 1.06 bits per heavy atom. The summed E-state index contributed by atoms with van der Waals surface area (Å²) in [5.41, 5.74) is 8.05. The summed E-state index contributed by atoms with van der Waals surface area (Å²) >= 11 is 0. The number of rotatable bonds is 6. The third-order valence-electron chi connectivity index (χ3n) is 5.43. The molecule has 0 bridgehead atoms. The van der Waals surface area contributed by atoms with E-state index in [9.17, 15) is 0 Å². The van der Waals surface area contributed by atoms with Crippen molar-refractivity contribution in [1.82, 2.24) is 24.9 Å². The van der Waals surface area contributed by atoms with E-state index in [1.54, 1.807) is 4.48 Å². The molecule has 1 aliphatic rings. The SMILES string of the molecule is CC1=CC(C)=N/C1=C(/C)c1c(C)cc(C)n1B(F)OCc1ccc(-c2nncnn2)cc1. The molecule has 32 heavy (non-hydrogen) atoms. The van der Waals surface area contributed by atoms with Crippen molar-refractivity contribution in [3.05, 3.63) is 76.5 Å². The summed E-state index contributed by atoms with van der Waals surface area (Å²) in [5, 5.41) is 15.3. The Morgan fingerprint density at radius 2 is 1.75 bits per heavy atom. The molecule has 0 fully saturated rings. The van der Waals surface area contributed by atoms with Crippen molar-refractivity contribution in [1.29, 1.82) is 0 Å². The average molecular weight is 430 g/mol. The van der Waals surface area contributed by atoms with E-state index in [4.69, 9.17) is 4.65 Å². The van der Waals surface area contributed by atoms with Crippen LogP contribution in [0.3, 0.4) is 0 Å². The van der Waals surface area contributed by atoms with Crippen LogP contribution in [0.15, 0.2) is 59.0 Å². The molecule has 9 heteroatoms. The molecule has 4 rings (SSSR count). The van der Waals surface area contributed by atoms with Gasteiger partial charge < -0.3 is 9.13 Å². The highest BCUT2D eigenvalue weighted by Gasteiger charge is 2.28. The fourth-order valence-electron chi connectivity index (χ4n) is 4.04. The standard InChI is InChI=1S/C23H24BFN6O/c1-14-10-16(3)28-21(14)18(5)22-15(2)11-17(4)31(22)24(25)32-12-19-6-8-20(9-7-19)23-29-26-13-27-30-23/h6-11,13H,12H2,1-5H3/b21-18-. The number of halogens is 1. The summed E-state index contributed by atoms with van der Waals surface area (Å²) in [5.74, 6) is 0.434. The highest BCUT2D eigenvalue weighted by atomic mass is 19.1. The Labute approximate surface area is 187 Å². The number of aliphatic imine (C=N–C) groups is 1. The molecule has 3 aromatic rings. The van der Waals surface area contributed by atoms with E-state index in [0.717, 1.165) is 50.6 Å². The summed E-state index contributed by atoms with van der Waals surface area (Å²) in [6.45, 7) is 9.95. The van der Waals surface area contributed by atoms with E-state index in [0.29, 0.717) is 5.82 Å². The van der Waals surface area contributed by atoms with Gasteiger partial charge >= 0.3 is 7.33 Å². The van der Waals surface area contributed by atoms with E-state index in [-0.39, 0.29) is 6.61 Å².